The summed E-state index contributed by atoms with van der Waals surface area (Å²) in [5.41, 5.74) is 0. The van der Waals surface area contributed by atoms with E-state index >= 15 is 0 Å². The Bertz CT molecular complexity index is 214. The Morgan fingerprint density at radius 3 is 2.38 bits per heavy atom. The summed E-state index contributed by atoms with van der Waals surface area (Å²) < 4.78 is 14.5. The SMILES string of the molecule is COCCC(CCO)CCOP([O-])(=S)OC. The summed E-state index contributed by atoms with van der Waals surface area (Å²) >= 11 is 4.59. The Balaban J connectivity index is 3.79. The van der Waals surface area contributed by atoms with Crippen molar-refractivity contribution in [3.8, 4) is 0 Å². The minimum atomic E-state index is -3.28. The molecule has 0 rings (SSSR count). The maximum atomic E-state index is 11.2. The van der Waals surface area contributed by atoms with Gasteiger partial charge < -0.3 is 23.8 Å². The quantitative estimate of drug-likeness (QED) is 0.589. The molecule has 0 aromatic rings. The molecule has 0 aliphatic heterocycles. The molecule has 0 fully saturated rings. The predicted octanol–water partition coefficient (Wildman–Crippen LogP) is 0.659. The molecule has 98 valence electrons. The van der Waals surface area contributed by atoms with Gasteiger partial charge in [0.2, 0.25) is 0 Å². The monoisotopic (exact) mass is 271 g/mol. The Morgan fingerprint density at radius 2 is 1.88 bits per heavy atom. The van der Waals surface area contributed by atoms with Crippen molar-refractivity contribution >= 4 is 18.5 Å². The number of aliphatic hydroxyl groups is 1. The fraction of sp³-hybridized carbons (Fsp3) is 1.00. The molecule has 0 spiro atoms. The second-order valence-electron chi connectivity index (χ2n) is 3.41. The lowest BCUT2D eigenvalue weighted by molar-refractivity contribution is -0.204. The molecule has 0 saturated heterocycles. The first-order valence-corrected chi connectivity index (χ1v) is 7.72. The largest absolute Gasteiger partial charge is 0.780 e. The van der Waals surface area contributed by atoms with Gasteiger partial charge in [-0.3, -0.25) is 0 Å². The third kappa shape index (κ3) is 8.58. The van der Waals surface area contributed by atoms with Gasteiger partial charge in [-0.25, -0.2) is 0 Å². The standard InChI is InChI=1S/C9H21O5PS/c1-12-7-4-9(3-6-10)5-8-14-15(11,16)13-2/h9-10H,3-8H2,1-2H3,(H,11,16)/p-1. The summed E-state index contributed by atoms with van der Waals surface area (Å²) in [7, 11) is 2.90. The van der Waals surface area contributed by atoms with E-state index < -0.39 is 6.72 Å². The van der Waals surface area contributed by atoms with Gasteiger partial charge in [0.05, 0.1) is 6.61 Å². The minimum Gasteiger partial charge on any atom is -0.780 e. The van der Waals surface area contributed by atoms with Crippen LogP contribution >= 0.6 is 6.72 Å². The van der Waals surface area contributed by atoms with Gasteiger partial charge in [-0.1, -0.05) is 11.8 Å². The van der Waals surface area contributed by atoms with Gasteiger partial charge in [0.1, 0.15) is 6.72 Å². The topological polar surface area (TPSA) is 71.0 Å². The average Bonchev–Trinajstić information content (AvgIpc) is 2.25. The van der Waals surface area contributed by atoms with Crippen molar-refractivity contribution in [1.82, 2.24) is 0 Å². The summed E-state index contributed by atoms with van der Waals surface area (Å²) in [6.45, 7) is -2.24. The van der Waals surface area contributed by atoms with Crippen LogP contribution in [-0.4, -0.2) is 39.1 Å². The van der Waals surface area contributed by atoms with Crippen LogP contribution in [0.5, 0.6) is 0 Å². The summed E-state index contributed by atoms with van der Waals surface area (Å²) in [6.07, 6.45) is 2.21. The van der Waals surface area contributed by atoms with Crippen LogP contribution in [0.4, 0.5) is 0 Å². The molecule has 2 unspecified atom stereocenters. The zero-order valence-corrected chi connectivity index (χ0v) is 11.5. The number of methoxy groups -OCH3 is 1. The second-order valence-corrected chi connectivity index (χ2v) is 6.27. The number of ether oxygens (including phenoxy) is 1. The Kier molecular flexibility index (Phi) is 9.74. The first-order valence-electron chi connectivity index (χ1n) is 5.17. The van der Waals surface area contributed by atoms with Gasteiger partial charge >= 0.3 is 0 Å². The summed E-state index contributed by atoms with van der Waals surface area (Å²) in [5, 5.41) is 8.86. The van der Waals surface area contributed by atoms with Gasteiger partial charge in [0.15, 0.2) is 0 Å². The van der Waals surface area contributed by atoms with E-state index in [-0.39, 0.29) is 19.1 Å². The van der Waals surface area contributed by atoms with E-state index in [2.05, 4.69) is 16.3 Å². The van der Waals surface area contributed by atoms with Gasteiger partial charge in [-0.2, -0.15) is 0 Å². The first kappa shape index (κ1) is 16.4. The molecule has 0 aromatic heterocycles. The van der Waals surface area contributed by atoms with Crippen LogP contribution in [0.15, 0.2) is 0 Å². The number of rotatable bonds is 10. The van der Waals surface area contributed by atoms with E-state index in [1.165, 1.54) is 7.11 Å². The fourth-order valence-electron chi connectivity index (χ4n) is 1.28. The van der Waals surface area contributed by atoms with E-state index in [1.54, 1.807) is 7.11 Å². The van der Waals surface area contributed by atoms with Crippen molar-refractivity contribution in [3.05, 3.63) is 0 Å². The number of aliphatic hydroxyl groups excluding tert-OH is 1. The maximum absolute atomic E-state index is 11.2. The van der Waals surface area contributed by atoms with Gasteiger partial charge in [0, 0.05) is 27.4 Å². The molecule has 0 saturated carbocycles. The van der Waals surface area contributed by atoms with Crippen molar-refractivity contribution in [2.75, 3.05) is 34.0 Å². The molecule has 7 heteroatoms. The van der Waals surface area contributed by atoms with Crippen molar-refractivity contribution in [2.24, 2.45) is 5.92 Å². The second kappa shape index (κ2) is 9.48. The van der Waals surface area contributed by atoms with Gasteiger partial charge in [-0.15, -0.1) is 0 Å². The summed E-state index contributed by atoms with van der Waals surface area (Å²) in [4.78, 5) is 11.2. The zero-order valence-electron chi connectivity index (χ0n) is 9.76. The Morgan fingerprint density at radius 1 is 1.25 bits per heavy atom. The van der Waals surface area contributed by atoms with E-state index in [1.807, 2.05) is 0 Å². The maximum Gasteiger partial charge on any atom is 0.115 e. The third-order valence-corrected chi connectivity index (χ3v) is 3.98. The van der Waals surface area contributed by atoms with Crippen LogP contribution in [0.1, 0.15) is 19.3 Å². The van der Waals surface area contributed by atoms with E-state index in [0.29, 0.717) is 19.4 Å². The number of hydrogen-bond acceptors (Lipinski definition) is 6. The van der Waals surface area contributed by atoms with Crippen molar-refractivity contribution in [2.45, 2.75) is 19.3 Å². The lowest BCUT2D eigenvalue weighted by atomic mass is 9.99. The van der Waals surface area contributed by atoms with Crippen LogP contribution in [-0.2, 0) is 25.6 Å². The normalized spacial score (nSPS) is 17.0. The lowest BCUT2D eigenvalue weighted by Gasteiger charge is -2.26. The average molecular weight is 271 g/mol. The van der Waals surface area contributed by atoms with Crippen molar-refractivity contribution < 1.29 is 23.8 Å². The van der Waals surface area contributed by atoms with Gasteiger partial charge in [0.25, 0.3) is 0 Å². The molecule has 1 N–H and O–H groups in total. The van der Waals surface area contributed by atoms with Gasteiger partial charge in [-0.05, 0) is 25.2 Å². The van der Waals surface area contributed by atoms with Crippen LogP contribution in [0.2, 0.25) is 0 Å². The lowest BCUT2D eigenvalue weighted by Crippen LogP contribution is -2.12. The van der Waals surface area contributed by atoms with Crippen LogP contribution in [0.25, 0.3) is 0 Å². The van der Waals surface area contributed by atoms with Crippen LogP contribution in [0.3, 0.4) is 0 Å². The highest BCUT2D eigenvalue weighted by Crippen LogP contribution is 2.37. The Hall–Kier alpha value is 0.450. The van der Waals surface area contributed by atoms with E-state index in [4.69, 9.17) is 14.4 Å². The molecular weight excluding hydrogens is 251 g/mol. The highest BCUT2D eigenvalue weighted by atomic mass is 32.5. The molecule has 2 atom stereocenters. The smallest absolute Gasteiger partial charge is 0.115 e. The molecule has 16 heavy (non-hydrogen) atoms. The van der Waals surface area contributed by atoms with Crippen LogP contribution in [0, 0.1) is 5.92 Å². The highest BCUT2D eigenvalue weighted by molar-refractivity contribution is 8.06. The molecule has 0 aliphatic rings. The summed E-state index contributed by atoms with van der Waals surface area (Å²) in [5.74, 6) is 0.289. The predicted molar refractivity (Wildman–Crippen MR) is 63.5 cm³/mol. The highest BCUT2D eigenvalue weighted by Gasteiger charge is 2.09. The summed E-state index contributed by atoms with van der Waals surface area (Å²) in [6, 6.07) is 0. The zero-order chi connectivity index (χ0) is 12.4. The first-order chi connectivity index (χ1) is 7.55. The molecule has 0 aromatic carbocycles. The molecule has 0 bridgehead atoms. The fourth-order valence-corrected chi connectivity index (χ4v) is 1.94. The molecule has 0 amide bonds. The van der Waals surface area contributed by atoms with Crippen molar-refractivity contribution in [3.63, 3.8) is 0 Å². The Labute approximate surface area is 102 Å². The third-order valence-electron chi connectivity index (χ3n) is 2.27. The van der Waals surface area contributed by atoms with E-state index in [0.717, 1.165) is 6.42 Å². The molecule has 0 heterocycles. The minimum absolute atomic E-state index is 0.129. The van der Waals surface area contributed by atoms with Crippen LogP contribution < -0.4 is 4.89 Å². The molecule has 5 nitrogen and oxygen atoms in total. The molecular formula is C9H20O5PS-. The van der Waals surface area contributed by atoms with E-state index in [9.17, 15) is 4.89 Å². The molecule has 0 radical (unpaired) electrons. The number of hydrogen-bond donors (Lipinski definition) is 1. The molecule has 0 aliphatic carbocycles. The van der Waals surface area contributed by atoms with Crippen molar-refractivity contribution in [1.29, 1.82) is 0 Å².